The molecule has 0 spiro atoms. The summed E-state index contributed by atoms with van der Waals surface area (Å²) < 4.78 is 47.8. The number of aromatic carboxylic acids is 1. The van der Waals surface area contributed by atoms with Crippen LogP contribution in [0.4, 0.5) is 4.39 Å². The second kappa shape index (κ2) is 10.2. The summed E-state index contributed by atoms with van der Waals surface area (Å²) >= 11 is 12.0. The first-order chi connectivity index (χ1) is 16.9. The minimum atomic E-state index is -4.08. The molecule has 0 aromatic heterocycles. The van der Waals surface area contributed by atoms with Crippen LogP contribution in [-0.2, 0) is 14.8 Å². The number of hydrogen-bond donors (Lipinski definition) is 1. The van der Waals surface area contributed by atoms with Gasteiger partial charge in [-0.3, -0.25) is 4.79 Å². The number of piperidine rings is 1. The Labute approximate surface area is 218 Å². The molecule has 0 aliphatic carbocycles. The third-order valence-corrected chi connectivity index (χ3v) is 9.05. The maximum atomic E-state index is 15.2. The Bertz CT molecular complexity index is 1290. The second-order valence-corrected chi connectivity index (χ2v) is 11.8. The monoisotopic (exact) mass is 558 g/mol. The van der Waals surface area contributed by atoms with Crippen LogP contribution in [0.1, 0.15) is 36.5 Å². The van der Waals surface area contributed by atoms with Crippen molar-refractivity contribution < 1.29 is 32.2 Å². The van der Waals surface area contributed by atoms with E-state index in [9.17, 15) is 18.0 Å². The van der Waals surface area contributed by atoms with Crippen molar-refractivity contribution in [2.75, 3.05) is 19.7 Å². The van der Waals surface area contributed by atoms with Crippen LogP contribution in [0.3, 0.4) is 0 Å². The summed E-state index contributed by atoms with van der Waals surface area (Å²) in [6.07, 6.45) is -0.485. The number of ether oxygens (including phenoxy) is 1. The van der Waals surface area contributed by atoms with E-state index in [0.29, 0.717) is 35.2 Å². The van der Waals surface area contributed by atoms with Crippen LogP contribution in [-0.4, -0.2) is 72.1 Å². The van der Waals surface area contributed by atoms with Gasteiger partial charge in [0.1, 0.15) is 17.5 Å². The van der Waals surface area contributed by atoms with Crippen LogP contribution in [0.15, 0.2) is 47.4 Å². The SMILES string of the molecule is CC1(CCCOc2cc(Cl)ccc2Cl)C(=O)N1[C@@H]1CCN(S(=O)(=O)c2cccc(C(=O)O)c2)C[C@H]1F. The number of rotatable bonds is 9. The molecule has 0 radical (unpaired) electrons. The maximum absolute atomic E-state index is 15.2. The van der Waals surface area contributed by atoms with E-state index in [4.69, 9.17) is 33.0 Å². The molecular formula is C24H25Cl2FN2O6S. The fraction of sp³-hybridized carbons (Fsp3) is 0.417. The van der Waals surface area contributed by atoms with E-state index >= 15 is 4.39 Å². The summed E-state index contributed by atoms with van der Waals surface area (Å²) in [5, 5.41) is 10.0. The number of benzene rings is 2. The lowest BCUT2D eigenvalue weighted by Gasteiger charge is -2.35. The maximum Gasteiger partial charge on any atom is 0.335 e. The van der Waals surface area contributed by atoms with Gasteiger partial charge >= 0.3 is 5.97 Å². The molecule has 1 N–H and O–H groups in total. The number of carboxylic acids is 1. The minimum Gasteiger partial charge on any atom is -0.492 e. The molecule has 4 rings (SSSR count). The van der Waals surface area contributed by atoms with Crippen LogP contribution in [0.2, 0.25) is 10.0 Å². The van der Waals surface area contributed by atoms with Gasteiger partial charge in [-0.25, -0.2) is 17.6 Å². The Balaban J connectivity index is 1.34. The molecule has 1 amide bonds. The van der Waals surface area contributed by atoms with Crippen molar-refractivity contribution in [3.63, 3.8) is 0 Å². The summed E-state index contributed by atoms with van der Waals surface area (Å²) in [5.41, 5.74) is -1.01. The van der Waals surface area contributed by atoms with Crippen molar-refractivity contribution in [2.45, 2.75) is 48.8 Å². The van der Waals surface area contributed by atoms with Crippen LogP contribution < -0.4 is 4.74 Å². The van der Waals surface area contributed by atoms with Crippen LogP contribution in [0, 0.1) is 0 Å². The summed E-state index contributed by atoms with van der Waals surface area (Å²) in [6, 6.07) is 9.10. The molecule has 2 aromatic rings. The molecule has 2 saturated heterocycles. The lowest BCUT2D eigenvalue weighted by atomic mass is 10.0. The molecule has 2 aromatic carbocycles. The number of carbonyl (C=O) groups excluding carboxylic acids is 1. The summed E-state index contributed by atoms with van der Waals surface area (Å²) in [4.78, 5) is 25.1. The molecule has 36 heavy (non-hydrogen) atoms. The van der Waals surface area contributed by atoms with Gasteiger partial charge in [0.15, 0.2) is 0 Å². The van der Waals surface area contributed by atoms with Crippen molar-refractivity contribution >= 4 is 45.1 Å². The molecule has 1 unspecified atom stereocenters. The van der Waals surface area contributed by atoms with Crippen molar-refractivity contribution in [1.29, 1.82) is 0 Å². The molecule has 2 aliphatic rings. The minimum absolute atomic E-state index is 0.0148. The van der Waals surface area contributed by atoms with E-state index in [1.165, 1.54) is 23.1 Å². The first kappa shape index (κ1) is 26.7. The molecule has 2 aliphatic heterocycles. The molecule has 12 heteroatoms. The van der Waals surface area contributed by atoms with E-state index in [1.54, 1.807) is 25.1 Å². The van der Waals surface area contributed by atoms with Gasteiger partial charge in [0.05, 0.1) is 28.1 Å². The zero-order valence-corrected chi connectivity index (χ0v) is 21.7. The third-order valence-electron chi connectivity index (χ3n) is 6.64. The van der Waals surface area contributed by atoms with Gasteiger partial charge in [0, 0.05) is 24.2 Å². The topological polar surface area (TPSA) is 104 Å². The van der Waals surface area contributed by atoms with Gasteiger partial charge < -0.3 is 14.7 Å². The van der Waals surface area contributed by atoms with Gasteiger partial charge in [0.2, 0.25) is 15.9 Å². The van der Waals surface area contributed by atoms with Gasteiger partial charge in [-0.05, 0) is 56.5 Å². The van der Waals surface area contributed by atoms with E-state index in [0.717, 1.165) is 10.4 Å². The molecule has 2 heterocycles. The average molecular weight is 559 g/mol. The van der Waals surface area contributed by atoms with Crippen molar-refractivity contribution in [3.05, 3.63) is 58.1 Å². The van der Waals surface area contributed by atoms with Crippen molar-refractivity contribution in [1.82, 2.24) is 9.21 Å². The highest BCUT2D eigenvalue weighted by Gasteiger charge is 2.62. The zero-order chi connectivity index (χ0) is 26.3. The number of halogens is 3. The van der Waals surface area contributed by atoms with Gasteiger partial charge in [-0.1, -0.05) is 29.3 Å². The van der Waals surface area contributed by atoms with E-state index in [2.05, 4.69) is 0 Å². The number of amides is 1. The number of carboxylic acid groups (broad SMARTS) is 1. The molecule has 194 valence electrons. The van der Waals surface area contributed by atoms with Crippen LogP contribution in [0.25, 0.3) is 0 Å². The second-order valence-electron chi connectivity index (χ2n) is 9.04. The van der Waals surface area contributed by atoms with Crippen LogP contribution in [0.5, 0.6) is 5.75 Å². The summed E-state index contributed by atoms with van der Waals surface area (Å²) in [7, 11) is -4.08. The van der Waals surface area contributed by atoms with Crippen molar-refractivity contribution in [2.24, 2.45) is 0 Å². The number of alkyl halides is 1. The highest BCUT2D eigenvalue weighted by atomic mass is 35.5. The first-order valence-corrected chi connectivity index (χ1v) is 13.5. The van der Waals surface area contributed by atoms with E-state index in [-0.39, 0.29) is 29.3 Å². The Morgan fingerprint density at radius 3 is 2.69 bits per heavy atom. The van der Waals surface area contributed by atoms with Crippen molar-refractivity contribution in [3.8, 4) is 5.75 Å². The predicted molar refractivity (Wildman–Crippen MR) is 132 cm³/mol. The molecule has 0 bridgehead atoms. The molecule has 8 nitrogen and oxygen atoms in total. The van der Waals surface area contributed by atoms with Gasteiger partial charge in [0.25, 0.3) is 0 Å². The largest absolute Gasteiger partial charge is 0.492 e. The first-order valence-electron chi connectivity index (χ1n) is 11.3. The standard InChI is InChI=1S/C24H25Cl2FN2O6S/c1-24(9-3-11-35-21-13-16(25)6-7-18(21)26)23(32)29(24)20-8-10-28(14-19(20)27)36(33,34)17-5-2-4-15(12-17)22(30)31/h2,4-7,12-13,19-20H,3,8-11,14H2,1H3,(H,30,31)/t19-,20-,24?,29?/m1/s1. The zero-order valence-electron chi connectivity index (χ0n) is 19.4. The van der Waals surface area contributed by atoms with Crippen LogP contribution >= 0.6 is 23.2 Å². The van der Waals surface area contributed by atoms with E-state index in [1.807, 2.05) is 0 Å². The Morgan fingerprint density at radius 1 is 1.25 bits per heavy atom. The fourth-order valence-corrected chi connectivity index (χ4v) is 6.45. The van der Waals surface area contributed by atoms with E-state index < -0.39 is 40.3 Å². The third kappa shape index (κ3) is 5.18. The quantitative estimate of drug-likeness (QED) is 0.364. The smallest absolute Gasteiger partial charge is 0.335 e. The van der Waals surface area contributed by atoms with Gasteiger partial charge in [-0.2, -0.15) is 4.31 Å². The normalized spacial score (nSPS) is 24.6. The Morgan fingerprint density at radius 2 is 2.00 bits per heavy atom. The fourth-order valence-electron chi connectivity index (χ4n) is 4.60. The van der Waals surface area contributed by atoms with Gasteiger partial charge in [-0.15, -0.1) is 0 Å². The predicted octanol–water partition coefficient (Wildman–Crippen LogP) is 4.25. The molecule has 0 saturated carbocycles. The highest BCUT2D eigenvalue weighted by Crippen LogP contribution is 2.44. The Kier molecular flexibility index (Phi) is 7.52. The number of hydrogen-bond acceptors (Lipinski definition) is 5. The number of carbonyl (C=O) groups is 2. The summed E-state index contributed by atoms with van der Waals surface area (Å²) in [5.74, 6) is -0.990. The molecule has 3 atom stereocenters. The molecule has 2 fully saturated rings. The molecular weight excluding hydrogens is 534 g/mol. The Hall–Kier alpha value is -2.40. The number of sulfonamides is 1. The average Bonchev–Trinajstić information content (AvgIpc) is 3.38. The summed E-state index contributed by atoms with van der Waals surface area (Å²) in [6.45, 7) is 1.64. The lowest BCUT2D eigenvalue weighted by Crippen LogP contribution is -2.50. The number of nitrogens with zero attached hydrogens (tertiary/aromatic N) is 2. The highest BCUT2D eigenvalue weighted by molar-refractivity contribution is 7.89. The lowest BCUT2D eigenvalue weighted by molar-refractivity contribution is -0.115.